The summed E-state index contributed by atoms with van der Waals surface area (Å²) < 4.78 is 5.02. The Kier molecular flexibility index (Phi) is 2.26. The highest BCUT2D eigenvalue weighted by molar-refractivity contribution is 6.05. The van der Waals surface area contributed by atoms with E-state index in [1.165, 1.54) is 0 Å². The van der Waals surface area contributed by atoms with Gasteiger partial charge in [-0.25, -0.2) is 0 Å². The number of hydrogen-bond donors (Lipinski definition) is 2. The molecule has 2 aliphatic rings. The van der Waals surface area contributed by atoms with E-state index in [4.69, 9.17) is 9.84 Å². The van der Waals surface area contributed by atoms with Crippen LogP contribution < -0.4 is 0 Å². The average Bonchev–Trinajstić information content (AvgIpc) is 2.94. The summed E-state index contributed by atoms with van der Waals surface area (Å²) in [4.78, 5) is 11.6. The second-order valence-electron chi connectivity index (χ2n) is 3.43. The molecule has 0 amide bonds. The molecule has 2 rings (SSSR count). The third kappa shape index (κ3) is 1.23. The van der Waals surface area contributed by atoms with Gasteiger partial charge in [-0.05, 0) is 12.5 Å². The third-order valence-corrected chi connectivity index (χ3v) is 2.57. The summed E-state index contributed by atoms with van der Waals surface area (Å²) in [6.07, 6.45) is 1.55. The van der Waals surface area contributed by atoms with E-state index in [-0.39, 0.29) is 12.4 Å². The van der Waals surface area contributed by atoms with Gasteiger partial charge in [-0.3, -0.25) is 4.79 Å². The summed E-state index contributed by atoms with van der Waals surface area (Å²) in [6, 6.07) is 0. The van der Waals surface area contributed by atoms with Crippen LogP contribution in [0.3, 0.4) is 0 Å². The number of epoxide rings is 1. The molecule has 0 radical (unpaired) electrons. The first-order valence-corrected chi connectivity index (χ1v) is 4.55. The Balaban J connectivity index is 2.41. The van der Waals surface area contributed by atoms with Gasteiger partial charge in [-0.15, -0.1) is 0 Å². The monoisotopic (exact) mass is 196 g/mol. The lowest BCUT2D eigenvalue weighted by atomic mass is 9.88. The zero-order chi connectivity index (χ0) is 10.3. The van der Waals surface area contributed by atoms with Crippen molar-refractivity contribution in [2.45, 2.75) is 25.2 Å². The van der Waals surface area contributed by atoms with Crippen LogP contribution in [0, 0.1) is 0 Å². The van der Waals surface area contributed by atoms with Crippen LogP contribution in [0.25, 0.3) is 0 Å². The molecule has 0 aromatic rings. The molecule has 1 aliphatic heterocycles. The van der Waals surface area contributed by atoms with Crippen LogP contribution in [-0.2, 0) is 9.53 Å². The van der Waals surface area contributed by atoms with Crippen LogP contribution in [0.4, 0.5) is 0 Å². The van der Waals surface area contributed by atoms with E-state index in [0.29, 0.717) is 11.1 Å². The summed E-state index contributed by atoms with van der Waals surface area (Å²) >= 11 is 0. The van der Waals surface area contributed by atoms with E-state index in [1.54, 1.807) is 19.1 Å². The summed E-state index contributed by atoms with van der Waals surface area (Å²) in [5, 5.41) is 18.7. The van der Waals surface area contributed by atoms with E-state index in [2.05, 4.69) is 0 Å². The number of allylic oxidation sites excluding steroid dienone is 2. The number of ketones is 1. The standard InChI is InChI=1S/C10H12O4/c1-2-3-5-6(4-11)8(13)10-9(14-10)7(5)12/h2-3,8-11,13H,4H2,1H3/b3-2+/t8-,9-,10+/m0/s1. The van der Waals surface area contributed by atoms with Gasteiger partial charge in [-0.1, -0.05) is 12.2 Å². The highest BCUT2D eigenvalue weighted by Crippen LogP contribution is 2.37. The van der Waals surface area contributed by atoms with Crippen LogP contribution in [-0.4, -0.2) is 40.9 Å². The smallest absolute Gasteiger partial charge is 0.194 e. The minimum Gasteiger partial charge on any atom is -0.392 e. The number of ether oxygens (including phenoxy) is 1. The molecule has 2 N–H and O–H groups in total. The van der Waals surface area contributed by atoms with Gasteiger partial charge in [0.05, 0.1) is 6.61 Å². The number of aliphatic hydroxyl groups excluding tert-OH is 2. The Hall–Kier alpha value is -0.970. The summed E-state index contributed by atoms with van der Waals surface area (Å²) in [7, 11) is 0. The van der Waals surface area contributed by atoms with Crippen molar-refractivity contribution >= 4 is 5.78 Å². The zero-order valence-corrected chi connectivity index (χ0v) is 7.80. The molecule has 4 heteroatoms. The molecule has 0 aromatic heterocycles. The molecular formula is C10H12O4. The maximum Gasteiger partial charge on any atom is 0.194 e. The fourth-order valence-corrected chi connectivity index (χ4v) is 1.78. The molecule has 0 spiro atoms. The SMILES string of the molecule is C/C=C/C1=C(CO)[C@H](O)[C@H]2O[C@H]2C1=O. The van der Waals surface area contributed by atoms with Crippen molar-refractivity contribution < 1.29 is 19.7 Å². The third-order valence-electron chi connectivity index (χ3n) is 2.57. The van der Waals surface area contributed by atoms with Gasteiger partial charge in [0, 0.05) is 5.57 Å². The van der Waals surface area contributed by atoms with Crippen molar-refractivity contribution in [2.75, 3.05) is 6.61 Å². The van der Waals surface area contributed by atoms with Crippen LogP contribution in [0.15, 0.2) is 23.3 Å². The van der Waals surface area contributed by atoms with Crippen molar-refractivity contribution in [1.29, 1.82) is 0 Å². The maximum absolute atomic E-state index is 11.6. The van der Waals surface area contributed by atoms with E-state index in [1.807, 2.05) is 0 Å². The van der Waals surface area contributed by atoms with Gasteiger partial charge in [0.1, 0.15) is 18.3 Å². The van der Waals surface area contributed by atoms with Crippen molar-refractivity contribution in [3.05, 3.63) is 23.3 Å². The van der Waals surface area contributed by atoms with Crippen molar-refractivity contribution in [1.82, 2.24) is 0 Å². The molecule has 0 bridgehead atoms. The highest BCUT2D eigenvalue weighted by Gasteiger charge is 2.55. The van der Waals surface area contributed by atoms with Crippen molar-refractivity contribution in [3.63, 3.8) is 0 Å². The number of rotatable bonds is 2. The Morgan fingerprint density at radius 3 is 2.86 bits per heavy atom. The highest BCUT2D eigenvalue weighted by atomic mass is 16.6. The molecule has 1 saturated heterocycles. The Morgan fingerprint density at radius 1 is 1.57 bits per heavy atom. The summed E-state index contributed by atoms with van der Waals surface area (Å²) in [6.45, 7) is 1.47. The van der Waals surface area contributed by atoms with Gasteiger partial charge in [0.2, 0.25) is 0 Å². The number of carbonyl (C=O) groups excluding carboxylic acids is 1. The lowest BCUT2D eigenvalue weighted by Crippen LogP contribution is -2.32. The molecule has 1 heterocycles. The van der Waals surface area contributed by atoms with E-state index in [0.717, 1.165) is 0 Å². The van der Waals surface area contributed by atoms with Gasteiger partial charge in [-0.2, -0.15) is 0 Å². The Labute approximate surface area is 81.5 Å². The number of hydrogen-bond acceptors (Lipinski definition) is 4. The topological polar surface area (TPSA) is 70.1 Å². The lowest BCUT2D eigenvalue weighted by molar-refractivity contribution is -0.116. The van der Waals surface area contributed by atoms with Gasteiger partial charge < -0.3 is 14.9 Å². The van der Waals surface area contributed by atoms with E-state index >= 15 is 0 Å². The molecule has 4 nitrogen and oxygen atoms in total. The van der Waals surface area contributed by atoms with E-state index in [9.17, 15) is 9.90 Å². The summed E-state index contributed by atoms with van der Waals surface area (Å²) in [5.74, 6) is -0.137. The Bertz CT molecular complexity index is 329. The molecule has 1 aliphatic carbocycles. The first kappa shape index (κ1) is 9.58. The fraction of sp³-hybridized carbons (Fsp3) is 0.500. The fourth-order valence-electron chi connectivity index (χ4n) is 1.78. The first-order chi connectivity index (χ1) is 6.70. The maximum atomic E-state index is 11.6. The number of aliphatic hydroxyl groups is 2. The van der Waals surface area contributed by atoms with Gasteiger partial charge in [0.15, 0.2) is 5.78 Å². The average molecular weight is 196 g/mol. The predicted molar refractivity (Wildman–Crippen MR) is 48.6 cm³/mol. The van der Waals surface area contributed by atoms with Crippen LogP contribution in [0.5, 0.6) is 0 Å². The van der Waals surface area contributed by atoms with E-state index < -0.39 is 18.3 Å². The molecule has 0 aromatic carbocycles. The van der Waals surface area contributed by atoms with Crippen LogP contribution >= 0.6 is 0 Å². The zero-order valence-electron chi connectivity index (χ0n) is 7.80. The second-order valence-corrected chi connectivity index (χ2v) is 3.43. The molecule has 76 valence electrons. The normalized spacial score (nSPS) is 36.5. The van der Waals surface area contributed by atoms with Gasteiger partial charge >= 0.3 is 0 Å². The summed E-state index contributed by atoms with van der Waals surface area (Å²) in [5.41, 5.74) is 0.758. The lowest BCUT2D eigenvalue weighted by Gasteiger charge is -2.17. The Morgan fingerprint density at radius 2 is 2.29 bits per heavy atom. The van der Waals surface area contributed by atoms with Crippen LogP contribution in [0.1, 0.15) is 6.92 Å². The van der Waals surface area contributed by atoms with Gasteiger partial charge in [0.25, 0.3) is 0 Å². The molecule has 1 fully saturated rings. The largest absolute Gasteiger partial charge is 0.392 e. The molecule has 14 heavy (non-hydrogen) atoms. The van der Waals surface area contributed by atoms with Crippen LogP contribution in [0.2, 0.25) is 0 Å². The van der Waals surface area contributed by atoms with Crippen molar-refractivity contribution in [2.24, 2.45) is 0 Å². The number of fused-ring (bicyclic) bond motifs is 1. The predicted octanol–water partition coefficient (Wildman–Crippen LogP) is -0.438. The molecular weight excluding hydrogens is 184 g/mol. The number of carbonyl (C=O) groups is 1. The quantitative estimate of drug-likeness (QED) is 0.587. The number of Topliss-reactive ketones (excluding diaryl/α,β-unsaturated/α-hetero) is 1. The minimum absolute atomic E-state index is 0.137. The molecule has 0 saturated carbocycles. The van der Waals surface area contributed by atoms with Crippen molar-refractivity contribution in [3.8, 4) is 0 Å². The molecule has 0 unspecified atom stereocenters. The molecule has 3 atom stereocenters. The second kappa shape index (κ2) is 3.31. The first-order valence-electron chi connectivity index (χ1n) is 4.55. The minimum atomic E-state index is -0.839.